The van der Waals surface area contributed by atoms with Crippen LogP contribution < -0.4 is 5.73 Å². The smallest absolute Gasteiger partial charge is 0.243 e. The minimum atomic E-state index is -3.42. The van der Waals surface area contributed by atoms with E-state index in [4.69, 9.17) is 10.5 Å². The lowest BCUT2D eigenvalue weighted by Crippen LogP contribution is -2.42. The fraction of sp³-hybridized carbons (Fsp3) is 0.538. The fourth-order valence-corrected chi connectivity index (χ4v) is 3.77. The molecule has 1 aromatic rings. The molecule has 0 bridgehead atoms. The van der Waals surface area contributed by atoms with Gasteiger partial charge in [0.25, 0.3) is 0 Å². The molecule has 19 heavy (non-hydrogen) atoms. The van der Waals surface area contributed by atoms with E-state index in [1.165, 1.54) is 4.31 Å². The Balaban J connectivity index is 2.20. The molecule has 2 N–H and O–H groups in total. The summed E-state index contributed by atoms with van der Waals surface area (Å²) >= 11 is 0. The molecule has 1 aliphatic heterocycles. The highest BCUT2D eigenvalue weighted by Gasteiger charge is 2.30. The van der Waals surface area contributed by atoms with Gasteiger partial charge in [0.2, 0.25) is 10.0 Å². The highest BCUT2D eigenvalue weighted by molar-refractivity contribution is 7.89. The molecule has 1 atom stereocenters. The molecule has 0 aliphatic carbocycles. The maximum absolute atomic E-state index is 12.5. The molecule has 5 nitrogen and oxygen atoms in total. The van der Waals surface area contributed by atoms with Crippen molar-refractivity contribution in [3.8, 4) is 0 Å². The normalized spacial score (nSPS) is 21.5. The van der Waals surface area contributed by atoms with Gasteiger partial charge in [0.15, 0.2) is 0 Å². The van der Waals surface area contributed by atoms with Crippen LogP contribution in [0.4, 0.5) is 0 Å². The molecule has 0 unspecified atom stereocenters. The Morgan fingerprint density at radius 1 is 1.37 bits per heavy atom. The predicted octanol–water partition coefficient (Wildman–Crippen LogP) is 0.945. The van der Waals surface area contributed by atoms with Crippen LogP contribution in [0.25, 0.3) is 0 Å². The first-order valence-electron chi connectivity index (χ1n) is 6.40. The van der Waals surface area contributed by atoms with E-state index in [1.54, 1.807) is 31.4 Å². The van der Waals surface area contributed by atoms with Gasteiger partial charge in [-0.15, -0.1) is 0 Å². The minimum absolute atomic E-state index is 0.00756. The molecular weight excluding hydrogens is 264 g/mol. The Kier molecular flexibility index (Phi) is 4.57. The Hall–Kier alpha value is -0.950. The molecule has 0 spiro atoms. The zero-order valence-corrected chi connectivity index (χ0v) is 11.9. The SMILES string of the molecule is CO[C@@H]1CCCN(S(=O)(=O)c2ccc(CN)cc2)C1. The molecule has 6 heteroatoms. The van der Waals surface area contributed by atoms with Crippen LogP contribution in [-0.2, 0) is 21.3 Å². The van der Waals surface area contributed by atoms with Crippen LogP contribution in [-0.4, -0.2) is 39.0 Å². The molecule has 1 saturated heterocycles. The molecule has 0 amide bonds. The van der Waals surface area contributed by atoms with Crippen molar-refractivity contribution >= 4 is 10.0 Å². The van der Waals surface area contributed by atoms with Crippen molar-refractivity contribution in [1.29, 1.82) is 0 Å². The lowest BCUT2D eigenvalue weighted by Gasteiger charge is -2.31. The van der Waals surface area contributed by atoms with Crippen LogP contribution in [0.2, 0.25) is 0 Å². The van der Waals surface area contributed by atoms with Crippen molar-refractivity contribution in [2.24, 2.45) is 5.73 Å². The van der Waals surface area contributed by atoms with E-state index in [1.807, 2.05) is 0 Å². The molecular formula is C13H20N2O3S. The third-order valence-corrected chi connectivity index (χ3v) is 5.35. The van der Waals surface area contributed by atoms with Crippen LogP contribution in [0.1, 0.15) is 18.4 Å². The molecule has 0 aromatic heterocycles. The molecule has 0 radical (unpaired) electrons. The van der Waals surface area contributed by atoms with Gasteiger partial charge in [-0.1, -0.05) is 12.1 Å². The molecule has 0 saturated carbocycles. The van der Waals surface area contributed by atoms with Crippen LogP contribution in [0.15, 0.2) is 29.2 Å². The lowest BCUT2D eigenvalue weighted by molar-refractivity contribution is 0.0572. The molecule has 106 valence electrons. The van der Waals surface area contributed by atoms with Crippen LogP contribution in [0.5, 0.6) is 0 Å². The van der Waals surface area contributed by atoms with Crippen LogP contribution in [0, 0.1) is 0 Å². The second kappa shape index (κ2) is 6.00. The van der Waals surface area contributed by atoms with Crippen molar-refractivity contribution in [3.05, 3.63) is 29.8 Å². The zero-order chi connectivity index (χ0) is 13.9. The summed E-state index contributed by atoms with van der Waals surface area (Å²) in [5, 5.41) is 0. The third-order valence-electron chi connectivity index (χ3n) is 3.47. The second-order valence-electron chi connectivity index (χ2n) is 4.71. The molecule has 1 heterocycles. The highest BCUT2D eigenvalue weighted by Crippen LogP contribution is 2.22. The first-order valence-corrected chi connectivity index (χ1v) is 7.84. The van der Waals surface area contributed by atoms with Gasteiger partial charge in [-0.3, -0.25) is 0 Å². The summed E-state index contributed by atoms with van der Waals surface area (Å²) in [7, 11) is -1.80. The number of rotatable bonds is 4. The molecule has 1 aromatic carbocycles. The van der Waals surface area contributed by atoms with E-state index in [0.29, 0.717) is 24.5 Å². The summed E-state index contributed by atoms with van der Waals surface area (Å²) in [6, 6.07) is 6.75. The second-order valence-corrected chi connectivity index (χ2v) is 6.65. The van der Waals surface area contributed by atoms with Crippen molar-refractivity contribution in [2.45, 2.75) is 30.4 Å². The van der Waals surface area contributed by atoms with E-state index in [2.05, 4.69) is 0 Å². The Morgan fingerprint density at radius 2 is 2.05 bits per heavy atom. The number of nitrogens with two attached hydrogens (primary N) is 1. The number of benzene rings is 1. The fourth-order valence-electron chi connectivity index (χ4n) is 2.26. The number of nitrogens with zero attached hydrogens (tertiary/aromatic N) is 1. The van der Waals surface area contributed by atoms with Crippen molar-refractivity contribution in [2.75, 3.05) is 20.2 Å². The maximum atomic E-state index is 12.5. The zero-order valence-electron chi connectivity index (χ0n) is 11.1. The van der Waals surface area contributed by atoms with E-state index in [0.717, 1.165) is 18.4 Å². The number of hydrogen-bond acceptors (Lipinski definition) is 4. The third kappa shape index (κ3) is 3.14. The van der Waals surface area contributed by atoms with Crippen LogP contribution in [0.3, 0.4) is 0 Å². The first-order chi connectivity index (χ1) is 9.07. The Morgan fingerprint density at radius 3 is 2.63 bits per heavy atom. The van der Waals surface area contributed by atoms with Gasteiger partial charge in [0, 0.05) is 26.7 Å². The molecule has 1 fully saturated rings. The average Bonchev–Trinajstić information content (AvgIpc) is 2.47. The van der Waals surface area contributed by atoms with E-state index >= 15 is 0 Å². The topological polar surface area (TPSA) is 72.6 Å². The molecule has 2 rings (SSSR count). The van der Waals surface area contributed by atoms with E-state index in [9.17, 15) is 8.42 Å². The van der Waals surface area contributed by atoms with E-state index < -0.39 is 10.0 Å². The summed E-state index contributed by atoms with van der Waals surface area (Å²) in [4.78, 5) is 0.321. The van der Waals surface area contributed by atoms with Gasteiger partial charge in [-0.05, 0) is 30.5 Å². The van der Waals surface area contributed by atoms with Crippen LogP contribution >= 0.6 is 0 Å². The Labute approximate surface area is 114 Å². The summed E-state index contributed by atoms with van der Waals surface area (Å²) < 4.78 is 31.7. The Bertz CT molecular complexity index is 513. The number of methoxy groups -OCH3 is 1. The van der Waals surface area contributed by atoms with Gasteiger partial charge in [0.1, 0.15) is 0 Å². The number of sulfonamides is 1. The summed E-state index contributed by atoms with van der Waals surface area (Å²) in [5.41, 5.74) is 6.44. The van der Waals surface area contributed by atoms with Crippen molar-refractivity contribution in [1.82, 2.24) is 4.31 Å². The minimum Gasteiger partial charge on any atom is -0.380 e. The monoisotopic (exact) mass is 284 g/mol. The van der Waals surface area contributed by atoms with Gasteiger partial charge in [0.05, 0.1) is 11.0 Å². The van der Waals surface area contributed by atoms with Gasteiger partial charge in [-0.2, -0.15) is 4.31 Å². The number of ether oxygens (including phenoxy) is 1. The van der Waals surface area contributed by atoms with Gasteiger partial charge >= 0.3 is 0 Å². The lowest BCUT2D eigenvalue weighted by atomic mass is 10.1. The van der Waals surface area contributed by atoms with Crippen molar-refractivity contribution < 1.29 is 13.2 Å². The highest BCUT2D eigenvalue weighted by atomic mass is 32.2. The summed E-state index contributed by atoms with van der Waals surface area (Å²) in [6.07, 6.45) is 1.74. The predicted molar refractivity (Wildman–Crippen MR) is 73.1 cm³/mol. The molecule has 1 aliphatic rings. The van der Waals surface area contributed by atoms with E-state index in [-0.39, 0.29) is 6.10 Å². The summed E-state index contributed by atoms with van der Waals surface area (Å²) in [5.74, 6) is 0. The standard InChI is InChI=1S/C13H20N2O3S/c1-18-12-3-2-8-15(10-12)19(16,17)13-6-4-11(9-14)5-7-13/h4-7,12H,2-3,8-10,14H2,1H3/t12-/m1/s1. The van der Waals surface area contributed by atoms with Gasteiger partial charge < -0.3 is 10.5 Å². The van der Waals surface area contributed by atoms with Crippen molar-refractivity contribution in [3.63, 3.8) is 0 Å². The average molecular weight is 284 g/mol. The number of piperidine rings is 1. The number of hydrogen-bond donors (Lipinski definition) is 1. The van der Waals surface area contributed by atoms with Gasteiger partial charge in [-0.25, -0.2) is 8.42 Å². The quantitative estimate of drug-likeness (QED) is 0.893. The maximum Gasteiger partial charge on any atom is 0.243 e. The first kappa shape index (κ1) is 14.5. The largest absolute Gasteiger partial charge is 0.380 e. The summed E-state index contributed by atoms with van der Waals surface area (Å²) in [6.45, 7) is 1.40.